The van der Waals surface area contributed by atoms with Gasteiger partial charge in [-0.15, -0.1) is 0 Å². The van der Waals surface area contributed by atoms with E-state index in [9.17, 15) is 14.7 Å². The Labute approximate surface area is 125 Å². The minimum Gasteiger partial charge on any atom is -0.481 e. The summed E-state index contributed by atoms with van der Waals surface area (Å²) in [5, 5.41) is 12.2. The monoisotopic (exact) mass is 295 g/mol. The van der Waals surface area contributed by atoms with E-state index in [-0.39, 0.29) is 12.0 Å². The van der Waals surface area contributed by atoms with E-state index in [1.165, 1.54) is 0 Å². The Morgan fingerprint density at radius 2 is 1.90 bits per heavy atom. The van der Waals surface area contributed by atoms with Crippen LogP contribution in [0.15, 0.2) is 12.2 Å². The van der Waals surface area contributed by atoms with E-state index in [1.54, 1.807) is 6.08 Å². The molecule has 0 aromatic rings. The molecule has 2 N–H and O–H groups in total. The van der Waals surface area contributed by atoms with Crippen LogP contribution in [0.25, 0.3) is 0 Å². The lowest BCUT2D eigenvalue weighted by atomic mass is 9.82. The van der Waals surface area contributed by atoms with Crippen molar-refractivity contribution in [3.8, 4) is 0 Å². The standard InChI is InChI=1S/C16H25NO4/c1-3-5-6-10(4-2)9-17-15(18)13-11-7-8-12(21-11)14(13)16(19)20/h7-8,10-14H,3-6,9H2,1-2H3,(H,17,18)(H,19,20)/t10-,11+,12+,13-,14+/m0/s1. The Balaban J connectivity index is 1.90. The average Bonchev–Trinajstić information content (AvgIpc) is 3.07. The van der Waals surface area contributed by atoms with Gasteiger partial charge in [0.25, 0.3) is 0 Å². The molecule has 1 saturated heterocycles. The van der Waals surface area contributed by atoms with Crippen LogP contribution in [0.2, 0.25) is 0 Å². The number of unbranched alkanes of at least 4 members (excludes halogenated alkanes) is 1. The third-order valence-electron chi connectivity index (χ3n) is 4.60. The van der Waals surface area contributed by atoms with Gasteiger partial charge in [0.2, 0.25) is 5.91 Å². The van der Waals surface area contributed by atoms with Gasteiger partial charge in [-0.25, -0.2) is 0 Å². The zero-order valence-corrected chi connectivity index (χ0v) is 12.7. The molecule has 0 aromatic carbocycles. The number of fused-ring (bicyclic) bond motifs is 2. The van der Waals surface area contributed by atoms with E-state index in [1.807, 2.05) is 6.08 Å². The first kappa shape index (κ1) is 16.0. The van der Waals surface area contributed by atoms with Gasteiger partial charge < -0.3 is 15.2 Å². The number of carboxylic acid groups (broad SMARTS) is 1. The first-order valence-corrected chi connectivity index (χ1v) is 7.92. The van der Waals surface area contributed by atoms with Crippen LogP contribution in [-0.4, -0.2) is 35.7 Å². The number of rotatable bonds is 8. The van der Waals surface area contributed by atoms with Crippen LogP contribution in [-0.2, 0) is 14.3 Å². The molecule has 2 aliphatic heterocycles. The van der Waals surface area contributed by atoms with E-state index < -0.39 is 23.9 Å². The largest absolute Gasteiger partial charge is 0.481 e. The van der Waals surface area contributed by atoms with E-state index >= 15 is 0 Å². The number of carboxylic acids is 1. The maximum atomic E-state index is 12.4. The minimum atomic E-state index is -0.954. The highest BCUT2D eigenvalue weighted by Gasteiger charge is 2.53. The van der Waals surface area contributed by atoms with Gasteiger partial charge in [-0.3, -0.25) is 9.59 Å². The van der Waals surface area contributed by atoms with Crippen molar-refractivity contribution in [2.24, 2.45) is 17.8 Å². The molecule has 0 spiro atoms. The number of aliphatic carboxylic acids is 1. The highest BCUT2D eigenvalue weighted by Crippen LogP contribution is 2.39. The summed E-state index contributed by atoms with van der Waals surface area (Å²) in [7, 11) is 0. The Bertz CT molecular complexity index is 421. The second-order valence-corrected chi connectivity index (χ2v) is 6.00. The van der Waals surface area contributed by atoms with Crippen molar-refractivity contribution in [1.29, 1.82) is 0 Å². The third kappa shape index (κ3) is 3.46. The predicted octanol–water partition coefficient (Wildman–Crippen LogP) is 1.97. The van der Waals surface area contributed by atoms with Crippen molar-refractivity contribution in [3.05, 3.63) is 12.2 Å². The lowest BCUT2D eigenvalue weighted by Gasteiger charge is -2.22. The first-order valence-electron chi connectivity index (χ1n) is 7.92. The number of carbonyl (C=O) groups is 2. The molecular formula is C16H25NO4. The molecule has 21 heavy (non-hydrogen) atoms. The summed E-state index contributed by atoms with van der Waals surface area (Å²) in [5.74, 6) is -2.02. The van der Waals surface area contributed by atoms with Gasteiger partial charge in [0.15, 0.2) is 0 Å². The second kappa shape index (κ2) is 7.07. The van der Waals surface area contributed by atoms with Crippen molar-refractivity contribution in [2.75, 3.05) is 6.54 Å². The zero-order valence-electron chi connectivity index (χ0n) is 12.7. The van der Waals surface area contributed by atoms with E-state index in [2.05, 4.69) is 19.2 Å². The number of hydrogen-bond acceptors (Lipinski definition) is 3. The van der Waals surface area contributed by atoms with Gasteiger partial charge >= 0.3 is 5.97 Å². The number of ether oxygens (including phenoxy) is 1. The number of carbonyl (C=O) groups excluding carboxylic acids is 1. The lowest BCUT2D eigenvalue weighted by Crippen LogP contribution is -2.43. The predicted molar refractivity (Wildman–Crippen MR) is 78.7 cm³/mol. The Morgan fingerprint density at radius 1 is 1.24 bits per heavy atom. The number of nitrogens with one attached hydrogen (secondary N) is 1. The maximum Gasteiger partial charge on any atom is 0.310 e. The number of amides is 1. The van der Waals surface area contributed by atoms with Crippen molar-refractivity contribution in [3.63, 3.8) is 0 Å². The van der Waals surface area contributed by atoms with Crippen LogP contribution in [0.3, 0.4) is 0 Å². The molecule has 5 heteroatoms. The summed E-state index contributed by atoms with van der Waals surface area (Å²) in [5.41, 5.74) is 0. The number of hydrogen-bond donors (Lipinski definition) is 2. The molecule has 2 heterocycles. The molecule has 2 aliphatic rings. The lowest BCUT2D eigenvalue weighted by molar-refractivity contribution is -0.146. The third-order valence-corrected chi connectivity index (χ3v) is 4.60. The fourth-order valence-electron chi connectivity index (χ4n) is 3.22. The molecule has 5 nitrogen and oxygen atoms in total. The second-order valence-electron chi connectivity index (χ2n) is 6.00. The van der Waals surface area contributed by atoms with Crippen molar-refractivity contribution in [2.45, 2.75) is 51.7 Å². The molecule has 1 amide bonds. The fourth-order valence-corrected chi connectivity index (χ4v) is 3.22. The molecule has 0 unspecified atom stereocenters. The van der Waals surface area contributed by atoms with Gasteiger partial charge in [-0.05, 0) is 12.3 Å². The first-order chi connectivity index (χ1) is 10.1. The summed E-state index contributed by atoms with van der Waals surface area (Å²) in [6.07, 6.45) is 7.16. The molecule has 0 aromatic heterocycles. The van der Waals surface area contributed by atoms with E-state index in [0.717, 1.165) is 25.7 Å². The van der Waals surface area contributed by atoms with Crippen LogP contribution >= 0.6 is 0 Å². The summed E-state index contributed by atoms with van der Waals surface area (Å²) in [4.78, 5) is 23.7. The van der Waals surface area contributed by atoms with Crippen molar-refractivity contribution in [1.82, 2.24) is 5.32 Å². The smallest absolute Gasteiger partial charge is 0.310 e. The molecule has 1 fully saturated rings. The van der Waals surface area contributed by atoms with Crippen LogP contribution in [0.1, 0.15) is 39.5 Å². The van der Waals surface area contributed by atoms with Crippen molar-refractivity contribution < 1.29 is 19.4 Å². The molecule has 0 saturated carbocycles. The van der Waals surface area contributed by atoms with Crippen LogP contribution in [0.5, 0.6) is 0 Å². The van der Waals surface area contributed by atoms with Gasteiger partial charge in [-0.2, -0.15) is 0 Å². The molecule has 0 radical (unpaired) electrons. The molecular weight excluding hydrogens is 270 g/mol. The van der Waals surface area contributed by atoms with Crippen LogP contribution < -0.4 is 5.32 Å². The average molecular weight is 295 g/mol. The summed E-state index contributed by atoms with van der Waals surface area (Å²) >= 11 is 0. The van der Waals surface area contributed by atoms with Gasteiger partial charge in [-0.1, -0.05) is 45.3 Å². The normalized spacial score (nSPS) is 31.3. The van der Waals surface area contributed by atoms with E-state index in [4.69, 9.17) is 4.74 Å². The fraction of sp³-hybridized carbons (Fsp3) is 0.750. The molecule has 2 bridgehead atoms. The van der Waals surface area contributed by atoms with Crippen LogP contribution in [0, 0.1) is 17.8 Å². The van der Waals surface area contributed by atoms with Gasteiger partial charge in [0, 0.05) is 6.54 Å². The molecule has 5 atom stereocenters. The summed E-state index contributed by atoms with van der Waals surface area (Å²) in [6, 6.07) is 0. The van der Waals surface area contributed by atoms with E-state index in [0.29, 0.717) is 12.5 Å². The quantitative estimate of drug-likeness (QED) is 0.671. The Hall–Kier alpha value is -1.36. The van der Waals surface area contributed by atoms with Gasteiger partial charge in [0.05, 0.1) is 18.1 Å². The highest BCUT2D eigenvalue weighted by molar-refractivity contribution is 5.87. The summed E-state index contributed by atoms with van der Waals surface area (Å²) in [6.45, 7) is 4.90. The molecule has 2 rings (SSSR count). The van der Waals surface area contributed by atoms with Gasteiger partial charge in [0.1, 0.15) is 5.92 Å². The minimum absolute atomic E-state index is 0.186. The topological polar surface area (TPSA) is 75.6 Å². The molecule has 118 valence electrons. The Morgan fingerprint density at radius 3 is 2.48 bits per heavy atom. The molecule has 0 aliphatic carbocycles. The van der Waals surface area contributed by atoms with Crippen LogP contribution in [0.4, 0.5) is 0 Å². The SMILES string of the molecule is CCCC[C@H](CC)CNC(=O)[C@@H]1[C@H](C(=O)O)[C@H]2C=C[C@H]1O2. The zero-order chi connectivity index (χ0) is 15.4. The Kier molecular flexibility index (Phi) is 5.39. The maximum absolute atomic E-state index is 12.4. The van der Waals surface area contributed by atoms with Crippen molar-refractivity contribution >= 4 is 11.9 Å². The highest BCUT2D eigenvalue weighted by atomic mass is 16.5. The summed E-state index contributed by atoms with van der Waals surface area (Å²) < 4.78 is 5.53.